The summed E-state index contributed by atoms with van der Waals surface area (Å²) >= 11 is 0. The first-order valence-corrected chi connectivity index (χ1v) is 11.3. The summed E-state index contributed by atoms with van der Waals surface area (Å²) in [7, 11) is 0. The number of aliphatic hydroxyl groups is 1. The summed E-state index contributed by atoms with van der Waals surface area (Å²) in [4.78, 5) is 23.0. The Kier molecular flexibility index (Phi) is 6.67. The highest BCUT2D eigenvalue weighted by atomic mass is 16.3. The molecular weight excluding hydrogens is 402 g/mol. The molecule has 1 aliphatic heterocycles. The van der Waals surface area contributed by atoms with E-state index in [4.69, 9.17) is 11.1 Å². The van der Waals surface area contributed by atoms with Crippen LogP contribution in [0.1, 0.15) is 43.7 Å². The van der Waals surface area contributed by atoms with Crippen LogP contribution in [-0.4, -0.2) is 51.0 Å². The Bertz CT molecular complexity index is 1170. The zero-order valence-corrected chi connectivity index (χ0v) is 18.5. The molecule has 7 heteroatoms. The fraction of sp³-hybridized carbons (Fsp3) is 0.400. The number of aliphatic hydroxyl groups excluding tert-OH is 1. The van der Waals surface area contributed by atoms with Crippen LogP contribution in [0.2, 0.25) is 0 Å². The molecule has 2 unspecified atom stereocenters. The van der Waals surface area contributed by atoms with Gasteiger partial charge in [0.1, 0.15) is 11.5 Å². The average Bonchev–Trinajstić information content (AvgIpc) is 3.28. The van der Waals surface area contributed by atoms with Gasteiger partial charge >= 0.3 is 0 Å². The standard InChI is InChI=1S/C25H31N5O2/c1-16(30-13-5-11-20(30)15-31)6-2-7-17-8-4-12-21-22(17)29-25(32)23(28-21)18-9-3-10-19(14-18)24(26)27/h3-4,8-10,12,14,16,20,31H,2,5-7,11,13,15H2,1H3,(H3,26,27)(H,29,32). The number of aromatic amines is 1. The minimum atomic E-state index is -0.248. The molecule has 3 aromatic rings. The van der Waals surface area contributed by atoms with E-state index in [-0.39, 0.29) is 18.0 Å². The molecule has 2 atom stereocenters. The van der Waals surface area contributed by atoms with Crippen molar-refractivity contribution in [3.8, 4) is 11.3 Å². The lowest BCUT2D eigenvalue weighted by Crippen LogP contribution is -2.39. The molecule has 168 valence electrons. The van der Waals surface area contributed by atoms with Crippen molar-refractivity contribution in [1.82, 2.24) is 14.9 Å². The van der Waals surface area contributed by atoms with Gasteiger partial charge in [-0.15, -0.1) is 0 Å². The van der Waals surface area contributed by atoms with Crippen molar-refractivity contribution < 1.29 is 5.11 Å². The zero-order valence-electron chi connectivity index (χ0n) is 18.5. The summed E-state index contributed by atoms with van der Waals surface area (Å²) in [5, 5.41) is 17.2. The molecule has 5 N–H and O–H groups in total. The maximum Gasteiger partial charge on any atom is 0.274 e. The summed E-state index contributed by atoms with van der Waals surface area (Å²) in [6, 6.07) is 13.7. The Hall–Kier alpha value is -3.03. The SMILES string of the molecule is CC(CCCc1cccc2nc(-c3cccc(C(=N)N)c3)c(=O)[nH]c12)N1CCCC1CO. The summed E-state index contributed by atoms with van der Waals surface area (Å²) in [5.41, 5.74) is 9.50. The van der Waals surface area contributed by atoms with Crippen molar-refractivity contribution in [3.05, 3.63) is 63.9 Å². The first kappa shape index (κ1) is 22.2. The Labute approximate surface area is 187 Å². The number of rotatable bonds is 8. The highest BCUT2D eigenvalue weighted by Gasteiger charge is 2.27. The van der Waals surface area contributed by atoms with Gasteiger partial charge in [-0.25, -0.2) is 4.98 Å². The van der Waals surface area contributed by atoms with Crippen LogP contribution >= 0.6 is 0 Å². The number of aromatic nitrogens is 2. The van der Waals surface area contributed by atoms with Gasteiger partial charge in [0.05, 0.1) is 17.6 Å². The predicted octanol–water partition coefficient (Wildman–Crippen LogP) is 3.04. The molecule has 0 radical (unpaired) electrons. The van der Waals surface area contributed by atoms with Crippen LogP contribution in [0.5, 0.6) is 0 Å². The van der Waals surface area contributed by atoms with Crippen LogP contribution in [-0.2, 0) is 6.42 Å². The fourth-order valence-corrected chi connectivity index (χ4v) is 4.79. The molecule has 0 spiro atoms. The molecule has 2 heterocycles. The number of fused-ring (bicyclic) bond motifs is 1. The van der Waals surface area contributed by atoms with E-state index in [0.29, 0.717) is 28.9 Å². The van der Waals surface area contributed by atoms with Gasteiger partial charge in [0.15, 0.2) is 0 Å². The highest BCUT2D eigenvalue weighted by molar-refractivity contribution is 5.96. The molecule has 0 saturated carbocycles. The van der Waals surface area contributed by atoms with E-state index in [1.807, 2.05) is 18.2 Å². The molecular formula is C25H31N5O2. The smallest absolute Gasteiger partial charge is 0.274 e. The lowest BCUT2D eigenvalue weighted by atomic mass is 10.0. The third-order valence-electron chi connectivity index (χ3n) is 6.53. The molecule has 4 rings (SSSR count). The minimum absolute atomic E-state index is 0.0418. The van der Waals surface area contributed by atoms with Crippen LogP contribution in [0.4, 0.5) is 0 Å². The molecule has 0 aliphatic carbocycles. The lowest BCUT2D eigenvalue weighted by Gasteiger charge is -2.29. The maximum atomic E-state index is 12.9. The van der Waals surface area contributed by atoms with Gasteiger partial charge in [-0.2, -0.15) is 0 Å². The number of amidine groups is 1. The number of hydrogen-bond donors (Lipinski definition) is 4. The van der Waals surface area contributed by atoms with E-state index < -0.39 is 0 Å². The van der Waals surface area contributed by atoms with E-state index >= 15 is 0 Å². The zero-order chi connectivity index (χ0) is 22.7. The Balaban J connectivity index is 1.53. The van der Waals surface area contributed by atoms with Crippen molar-refractivity contribution in [1.29, 1.82) is 5.41 Å². The van der Waals surface area contributed by atoms with Gasteiger partial charge in [-0.1, -0.05) is 30.3 Å². The van der Waals surface area contributed by atoms with Crippen LogP contribution < -0.4 is 11.3 Å². The molecule has 32 heavy (non-hydrogen) atoms. The number of likely N-dealkylation sites (tertiary alicyclic amines) is 1. The van der Waals surface area contributed by atoms with Crippen molar-refractivity contribution in [3.63, 3.8) is 0 Å². The van der Waals surface area contributed by atoms with Gasteiger partial charge in [0, 0.05) is 23.2 Å². The number of para-hydroxylation sites is 1. The van der Waals surface area contributed by atoms with Crippen LogP contribution in [0, 0.1) is 5.41 Å². The van der Waals surface area contributed by atoms with Gasteiger partial charge in [-0.3, -0.25) is 15.1 Å². The predicted molar refractivity (Wildman–Crippen MR) is 128 cm³/mol. The van der Waals surface area contributed by atoms with Gasteiger partial charge < -0.3 is 15.8 Å². The number of nitrogens with zero attached hydrogens (tertiary/aromatic N) is 2. The monoisotopic (exact) mass is 433 g/mol. The van der Waals surface area contributed by atoms with Crippen LogP contribution in [0.3, 0.4) is 0 Å². The fourth-order valence-electron chi connectivity index (χ4n) is 4.79. The van der Waals surface area contributed by atoms with Gasteiger partial charge in [0.25, 0.3) is 5.56 Å². The number of aryl methyl sites for hydroxylation is 1. The number of hydrogen-bond acceptors (Lipinski definition) is 5. The molecule has 0 bridgehead atoms. The second-order valence-corrected chi connectivity index (χ2v) is 8.68. The van der Waals surface area contributed by atoms with E-state index in [0.717, 1.165) is 55.2 Å². The van der Waals surface area contributed by atoms with Crippen molar-refractivity contribution in [2.75, 3.05) is 13.2 Å². The summed E-state index contributed by atoms with van der Waals surface area (Å²) in [6.45, 7) is 3.53. The number of nitrogen functional groups attached to an aromatic ring is 1. The van der Waals surface area contributed by atoms with Gasteiger partial charge in [0.2, 0.25) is 0 Å². The molecule has 1 saturated heterocycles. The largest absolute Gasteiger partial charge is 0.395 e. The number of nitrogens with one attached hydrogen (secondary N) is 2. The van der Waals surface area contributed by atoms with Crippen molar-refractivity contribution in [2.45, 2.75) is 51.1 Å². The van der Waals surface area contributed by atoms with Crippen molar-refractivity contribution in [2.24, 2.45) is 5.73 Å². The third-order valence-corrected chi connectivity index (χ3v) is 6.53. The van der Waals surface area contributed by atoms with Crippen molar-refractivity contribution >= 4 is 16.9 Å². The Morgan fingerprint density at radius 2 is 2.16 bits per heavy atom. The quantitative estimate of drug-likeness (QED) is 0.322. The maximum absolute atomic E-state index is 12.9. The summed E-state index contributed by atoms with van der Waals surface area (Å²) in [6.07, 6.45) is 5.13. The first-order valence-electron chi connectivity index (χ1n) is 11.3. The molecule has 7 nitrogen and oxygen atoms in total. The molecule has 0 amide bonds. The first-order chi connectivity index (χ1) is 15.5. The highest BCUT2D eigenvalue weighted by Crippen LogP contribution is 2.24. The average molecular weight is 434 g/mol. The van der Waals surface area contributed by atoms with Crippen LogP contribution in [0.15, 0.2) is 47.3 Å². The van der Waals surface area contributed by atoms with E-state index in [1.165, 1.54) is 0 Å². The number of benzene rings is 2. The third kappa shape index (κ3) is 4.59. The van der Waals surface area contributed by atoms with E-state index in [2.05, 4.69) is 21.8 Å². The summed E-state index contributed by atoms with van der Waals surface area (Å²) < 4.78 is 0. The number of nitrogens with two attached hydrogens (primary N) is 1. The second-order valence-electron chi connectivity index (χ2n) is 8.68. The molecule has 1 fully saturated rings. The summed E-state index contributed by atoms with van der Waals surface area (Å²) in [5.74, 6) is -0.0418. The van der Waals surface area contributed by atoms with Crippen LogP contribution in [0.25, 0.3) is 22.3 Å². The van der Waals surface area contributed by atoms with Gasteiger partial charge in [-0.05, 0) is 63.3 Å². The lowest BCUT2D eigenvalue weighted by molar-refractivity contribution is 0.120. The minimum Gasteiger partial charge on any atom is -0.395 e. The molecule has 1 aliphatic rings. The Morgan fingerprint density at radius 3 is 2.94 bits per heavy atom. The van der Waals surface area contributed by atoms with E-state index in [1.54, 1.807) is 24.3 Å². The molecule has 1 aromatic heterocycles. The van der Waals surface area contributed by atoms with E-state index in [9.17, 15) is 9.90 Å². The topological polar surface area (TPSA) is 119 Å². The number of H-pyrrole nitrogens is 1. The Morgan fingerprint density at radius 1 is 1.34 bits per heavy atom. The second kappa shape index (κ2) is 9.63. The molecule has 2 aromatic carbocycles. The normalized spacial score (nSPS) is 17.6.